The lowest BCUT2D eigenvalue weighted by atomic mass is 10.3. The number of likely N-dealkylation sites (tertiary alicyclic amines) is 1. The molecule has 0 aliphatic carbocycles. The summed E-state index contributed by atoms with van der Waals surface area (Å²) < 4.78 is 0. The van der Waals surface area contributed by atoms with Crippen LogP contribution in [0.1, 0.15) is 6.42 Å². The van der Waals surface area contributed by atoms with Gasteiger partial charge in [-0.25, -0.2) is 0 Å². The molecule has 0 bridgehead atoms. The van der Waals surface area contributed by atoms with Gasteiger partial charge in [0.05, 0.1) is 12.5 Å². The maximum Gasteiger partial charge on any atom is 0.246 e. The van der Waals surface area contributed by atoms with E-state index in [0.717, 1.165) is 4.90 Å². The normalized spacial score (nSPS) is 25.0. The van der Waals surface area contributed by atoms with Crippen molar-refractivity contribution in [3.63, 3.8) is 0 Å². The van der Waals surface area contributed by atoms with E-state index in [1.165, 1.54) is 7.05 Å². The summed E-state index contributed by atoms with van der Waals surface area (Å²) in [6.45, 7) is 0. The predicted molar refractivity (Wildman–Crippen MR) is 40.7 cm³/mol. The van der Waals surface area contributed by atoms with Gasteiger partial charge in [-0.2, -0.15) is 0 Å². The Hall–Kier alpha value is -0.420. The van der Waals surface area contributed by atoms with Gasteiger partial charge < -0.3 is 5.73 Å². The zero-order chi connectivity index (χ0) is 7.02. The van der Waals surface area contributed by atoms with E-state index < -0.39 is 6.04 Å². The zero-order valence-electron chi connectivity index (χ0n) is 5.53. The summed E-state index contributed by atoms with van der Waals surface area (Å²) in [5, 5.41) is 0. The number of hydrogen-bond donors (Lipinski definition) is 1. The fourth-order valence-corrected chi connectivity index (χ4v) is 0.784. The highest BCUT2D eigenvalue weighted by atomic mass is 79.9. The summed E-state index contributed by atoms with van der Waals surface area (Å²) in [6, 6.07) is -0.595. The Balaban J connectivity index is 0.000000810. The lowest BCUT2D eigenvalue weighted by molar-refractivity contribution is -0.136. The number of hydrogen-bond acceptors (Lipinski definition) is 3. The molecule has 1 rings (SSSR count). The molecule has 0 aromatic carbocycles. The van der Waals surface area contributed by atoms with Crippen molar-refractivity contribution in [2.24, 2.45) is 5.73 Å². The number of carbonyl (C=O) groups is 2. The standard InChI is InChI=1S/C5H8N2O2.BrH/c1-7-4(8)2-3(6)5(7)9;/h3H,2,6H2,1H3;1H. The average Bonchev–Trinajstić information content (AvgIpc) is 1.98. The van der Waals surface area contributed by atoms with Crippen molar-refractivity contribution in [2.75, 3.05) is 7.05 Å². The van der Waals surface area contributed by atoms with Crippen LogP contribution >= 0.6 is 17.0 Å². The molecular formula is C5H9BrN2O2. The lowest BCUT2D eigenvalue weighted by Gasteiger charge is -2.03. The predicted octanol–water partition coefficient (Wildman–Crippen LogP) is -0.720. The van der Waals surface area contributed by atoms with Crippen molar-refractivity contribution in [1.29, 1.82) is 0 Å². The molecule has 58 valence electrons. The first-order valence-corrected chi connectivity index (χ1v) is 2.69. The maximum atomic E-state index is 10.7. The summed E-state index contributed by atoms with van der Waals surface area (Å²) in [4.78, 5) is 22.4. The number of likely N-dealkylation sites (N-methyl/N-ethyl adjacent to an activating group) is 1. The van der Waals surface area contributed by atoms with E-state index in [4.69, 9.17) is 5.73 Å². The van der Waals surface area contributed by atoms with Gasteiger partial charge >= 0.3 is 0 Å². The molecule has 4 nitrogen and oxygen atoms in total. The molecule has 5 heteroatoms. The molecule has 0 radical (unpaired) electrons. The van der Waals surface area contributed by atoms with Crippen molar-refractivity contribution >= 4 is 28.8 Å². The Kier molecular flexibility index (Phi) is 2.98. The minimum atomic E-state index is -0.595. The topological polar surface area (TPSA) is 63.4 Å². The van der Waals surface area contributed by atoms with Gasteiger partial charge in [0.1, 0.15) is 0 Å². The van der Waals surface area contributed by atoms with Crippen molar-refractivity contribution < 1.29 is 9.59 Å². The lowest BCUT2D eigenvalue weighted by Crippen LogP contribution is -2.32. The average molecular weight is 209 g/mol. The second kappa shape index (κ2) is 3.12. The van der Waals surface area contributed by atoms with Crippen LogP contribution in [0.15, 0.2) is 0 Å². The zero-order valence-corrected chi connectivity index (χ0v) is 7.25. The minimum Gasteiger partial charge on any atom is -0.319 e. The molecule has 0 saturated carbocycles. The van der Waals surface area contributed by atoms with Crippen LogP contribution in [0, 0.1) is 0 Å². The van der Waals surface area contributed by atoms with E-state index in [-0.39, 0.29) is 35.2 Å². The van der Waals surface area contributed by atoms with Crippen LogP contribution in [0.2, 0.25) is 0 Å². The summed E-state index contributed by atoms with van der Waals surface area (Å²) in [5.41, 5.74) is 5.25. The van der Waals surface area contributed by atoms with Crippen LogP contribution in [-0.4, -0.2) is 29.8 Å². The highest BCUT2D eigenvalue weighted by Crippen LogP contribution is 2.06. The SMILES string of the molecule is Br.CN1C(=O)CC(N)C1=O. The number of nitrogens with two attached hydrogens (primary N) is 1. The van der Waals surface area contributed by atoms with Crippen molar-refractivity contribution in [1.82, 2.24) is 4.90 Å². The van der Waals surface area contributed by atoms with Gasteiger partial charge in [-0.3, -0.25) is 14.5 Å². The van der Waals surface area contributed by atoms with E-state index in [1.54, 1.807) is 0 Å². The molecule has 1 heterocycles. The largest absolute Gasteiger partial charge is 0.319 e. The highest BCUT2D eigenvalue weighted by Gasteiger charge is 2.32. The number of rotatable bonds is 0. The first-order chi connectivity index (χ1) is 4.13. The molecule has 1 aliphatic heterocycles. The summed E-state index contributed by atoms with van der Waals surface area (Å²) in [6.07, 6.45) is 0.162. The van der Waals surface area contributed by atoms with Crippen LogP contribution in [0.25, 0.3) is 0 Å². The van der Waals surface area contributed by atoms with Crippen molar-refractivity contribution in [3.8, 4) is 0 Å². The molecule has 0 aromatic heterocycles. The van der Waals surface area contributed by atoms with Gasteiger partial charge in [-0.15, -0.1) is 17.0 Å². The number of amides is 2. The van der Waals surface area contributed by atoms with Crippen LogP contribution in [-0.2, 0) is 9.59 Å². The molecule has 1 aliphatic rings. The number of carbonyl (C=O) groups excluding carboxylic acids is 2. The first kappa shape index (κ1) is 9.58. The summed E-state index contributed by atoms with van der Waals surface area (Å²) in [5.74, 6) is -0.465. The Morgan fingerprint density at radius 2 is 2.10 bits per heavy atom. The Morgan fingerprint density at radius 3 is 2.20 bits per heavy atom. The third-order valence-corrected chi connectivity index (χ3v) is 1.42. The van der Waals surface area contributed by atoms with E-state index in [9.17, 15) is 9.59 Å². The fourth-order valence-electron chi connectivity index (χ4n) is 0.784. The molecule has 0 spiro atoms. The minimum absolute atomic E-state index is 0. The summed E-state index contributed by atoms with van der Waals surface area (Å²) in [7, 11) is 1.44. The smallest absolute Gasteiger partial charge is 0.246 e. The molecule has 10 heavy (non-hydrogen) atoms. The van der Waals surface area contributed by atoms with Crippen LogP contribution < -0.4 is 5.73 Å². The van der Waals surface area contributed by atoms with Crippen molar-refractivity contribution in [3.05, 3.63) is 0 Å². The second-order valence-electron chi connectivity index (χ2n) is 2.10. The molecule has 0 aromatic rings. The van der Waals surface area contributed by atoms with Crippen LogP contribution in [0.5, 0.6) is 0 Å². The quantitative estimate of drug-likeness (QED) is 0.535. The number of halogens is 1. The van der Waals surface area contributed by atoms with Gasteiger partial charge in [0, 0.05) is 7.05 Å². The van der Waals surface area contributed by atoms with E-state index >= 15 is 0 Å². The Morgan fingerprint density at radius 1 is 1.60 bits per heavy atom. The monoisotopic (exact) mass is 208 g/mol. The Labute approximate surface area is 69.1 Å². The molecular weight excluding hydrogens is 200 g/mol. The van der Waals surface area contributed by atoms with Crippen molar-refractivity contribution in [2.45, 2.75) is 12.5 Å². The van der Waals surface area contributed by atoms with Crippen LogP contribution in [0.3, 0.4) is 0 Å². The second-order valence-corrected chi connectivity index (χ2v) is 2.10. The third-order valence-electron chi connectivity index (χ3n) is 1.42. The third kappa shape index (κ3) is 1.35. The molecule has 1 atom stereocenters. The molecule has 1 unspecified atom stereocenters. The first-order valence-electron chi connectivity index (χ1n) is 2.69. The summed E-state index contributed by atoms with van der Waals surface area (Å²) >= 11 is 0. The van der Waals surface area contributed by atoms with Gasteiger partial charge in [-0.05, 0) is 0 Å². The number of imide groups is 1. The van der Waals surface area contributed by atoms with Gasteiger partial charge in [0.25, 0.3) is 0 Å². The number of nitrogens with zero attached hydrogens (tertiary/aromatic N) is 1. The molecule has 1 saturated heterocycles. The van der Waals surface area contributed by atoms with Gasteiger partial charge in [0.2, 0.25) is 11.8 Å². The fraction of sp³-hybridized carbons (Fsp3) is 0.600. The molecule has 2 amide bonds. The van der Waals surface area contributed by atoms with E-state index in [0.29, 0.717) is 0 Å². The van der Waals surface area contributed by atoms with Gasteiger partial charge in [-0.1, -0.05) is 0 Å². The van der Waals surface area contributed by atoms with Crippen LogP contribution in [0.4, 0.5) is 0 Å². The van der Waals surface area contributed by atoms with E-state index in [2.05, 4.69) is 0 Å². The Bertz CT molecular complexity index is 171. The van der Waals surface area contributed by atoms with E-state index in [1.807, 2.05) is 0 Å². The molecule has 1 fully saturated rings. The molecule has 2 N–H and O–H groups in total. The highest BCUT2D eigenvalue weighted by molar-refractivity contribution is 8.93. The maximum absolute atomic E-state index is 10.7. The van der Waals surface area contributed by atoms with Gasteiger partial charge in [0.15, 0.2) is 0 Å².